The summed E-state index contributed by atoms with van der Waals surface area (Å²) in [4.78, 5) is 2.26. The quantitative estimate of drug-likeness (QED) is 0.766. The molecule has 0 fully saturated rings. The number of fused-ring (bicyclic) bond motifs is 1. The first-order valence-electron chi connectivity index (χ1n) is 8.38. The van der Waals surface area contributed by atoms with E-state index in [2.05, 4.69) is 79.7 Å². The lowest BCUT2D eigenvalue weighted by molar-refractivity contribution is 0.223. The molecule has 2 heteroatoms. The molecule has 2 nitrogen and oxygen atoms in total. The van der Waals surface area contributed by atoms with E-state index in [0.717, 1.165) is 31.6 Å². The van der Waals surface area contributed by atoms with Gasteiger partial charge in [-0.15, -0.1) is 0 Å². The minimum absolute atomic E-state index is 0.381. The Labute approximate surface area is 139 Å². The highest BCUT2D eigenvalue weighted by Crippen LogP contribution is 2.29. The van der Waals surface area contributed by atoms with Crippen molar-refractivity contribution in [3.63, 3.8) is 0 Å². The van der Waals surface area contributed by atoms with Crippen LogP contribution in [0.5, 0.6) is 5.75 Å². The maximum Gasteiger partial charge on any atom is 0.126 e. The molecular formula is C21H25NO. The van der Waals surface area contributed by atoms with E-state index in [1.54, 1.807) is 0 Å². The van der Waals surface area contributed by atoms with Crippen molar-refractivity contribution >= 4 is 6.08 Å². The number of benzene rings is 2. The zero-order valence-corrected chi connectivity index (χ0v) is 14.0. The van der Waals surface area contributed by atoms with Crippen LogP contribution in [0.15, 0.2) is 54.6 Å². The zero-order chi connectivity index (χ0) is 16.1. The van der Waals surface area contributed by atoms with E-state index in [1.165, 1.54) is 16.7 Å². The van der Waals surface area contributed by atoms with Crippen molar-refractivity contribution in [3.05, 3.63) is 71.3 Å². The Morgan fingerprint density at radius 2 is 1.87 bits per heavy atom. The van der Waals surface area contributed by atoms with Crippen molar-refractivity contribution in [1.82, 2.24) is 4.90 Å². The van der Waals surface area contributed by atoms with Gasteiger partial charge in [0.2, 0.25) is 0 Å². The second kappa shape index (κ2) is 7.47. The predicted octanol–water partition coefficient (Wildman–Crippen LogP) is 4.72. The van der Waals surface area contributed by atoms with Crippen LogP contribution in [0.1, 0.15) is 35.6 Å². The third-order valence-corrected chi connectivity index (χ3v) is 4.48. The fraction of sp³-hybridized carbons (Fsp3) is 0.333. The van der Waals surface area contributed by atoms with E-state index in [1.807, 2.05) is 0 Å². The molecule has 1 atom stereocenters. The van der Waals surface area contributed by atoms with Crippen LogP contribution in [0.4, 0.5) is 0 Å². The third-order valence-electron chi connectivity index (χ3n) is 4.48. The van der Waals surface area contributed by atoms with Crippen LogP contribution < -0.4 is 4.74 Å². The number of allylic oxidation sites excluding steroid dienone is 1. The Kier molecular flexibility index (Phi) is 5.14. The Hall–Kier alpha value is -2.06. The normalized spacial score (nSPS) is 14.6. The van der Waals surface area contributed by atoms with Gasteiger partial charge in [-0.05, 0) is 44.1 Å². The molecule has 0 radical (unpaired) electrons. The van der Waals surface area contributed by atoms with Crippen molar-refractivity contribution in [3.8, 4) is 5.75 Å². The van der Waals surface area contributed by atoms with Crippen LogP contribution in [-0.2, 0) is 6.42 Å². The minimum Gasteiger partial charge on any atom is -0.493 e. The molecule has 2 aromatic carbocycles. The Morgan fingerprint density at radius 1 is 1.04 bits per heavy atom. The highest BCUT2D eigenvalue weighted by atomic mass is 16.5. The molecule has 1 unspecified atom stereocenters. The monoisotopic (exact) mass is 307 g/mol. The van der Waals surface area contributed by atoms with E-state index >= 15 is 0 Å². The predicted molar refractivity (Wildman–Crippen MR) is 96.8 cm³/mol. The summed E-state index contributed by atoms with van der Waals surface area (Å²) >= 11 is 0. The molecule has 0 saturated heterocycles. The van der Waals surface area contributed by atoms with Gasteiger partial charge in [0, 0.05) is 18.0 Å². The molecule has 2 aromatic rings. The van der Waals surface area contributed by atoms with Crippen LogP contribution >= 0.6 is 0 Å². The van der Waals surface area contributed by atoms with E-state index in [-0.39, 0.29) is 0 Å². The van der Waals surface area contributed by atoms with Crippen molar-refractivity contribution < 1.29 is 4.74 Å². The molecule has 0 spiro atoms. The van der Waals surface area contributed by atoms with E-state index < -0.39 is 0 Å². The summed E-state index contributed by atoms with van der Waals surface area (Å²) in [5, 5.41) is 0. The molecule has 0 aliphatic heterocycles. The average molecular weight is 307 g/mol. The van der Waals surface area contributed by atoms with Gasteiger partial charge in [0.05, 0.1) is 6.61 Å². The molecule has 3 rings (SSSR count). The van der Waals surface area contributed by atoms with Gasteiger partial charge >= 0.3 is 0 Å². The molecule has 0 aromatic heterocycles. The summed E-state index contributed by atoms with van der Waals surface area (Å²) in [5.74, 6) is 1.02. The van der Waals surface area contributed by atoms with Crippen LogP contribution in [-0.4, -0.2) is 25.6 Å². The first-order chi connectivity index (χ1) is 11.3. The summed E-state index contributed by atoms with van der Waals surface area (Å²) in [6, 6.07) is 17.4. The Bertz CT molecular complexity index is 661. The minimum atomic E-state index is 0.381. The number of hydrogen-bond donors (Lipinski definition) is 0. The largest absolute Gasteiger partial charge is 0.493 e. The molecule has 0 saturated carbocycles. The summed E-state index contributed by atoms with van der Waals surface area (Å²) in [6.45, 7) is 0.724. The number of rotatable bonds is 6. The SMILES string of the molecule is CN(C)C(CCOc1cccc2c1C=CCC2)c1ccccc1. The molecule has 0 amide bonds. The van der Waals surface area contributed by atoms with Crippen molar-refractivity contribution in [2.45, 2.75) is 25.3 Å². The third kappa shape index (κ3) is 3.83. The lowest BCUT2D eigenvalue weighted by Crippen LogP contribution is -2.22. The van der Waals surface area contributed by atoms with Crippen molar-refractivity contribution in [2.24, 2.45) is 0 Å². The highest BCUT2D eigenvalue weighted by Gasteiger charge is 2.15. The molecular weight excluding hydrogens is 282 g/mol. The summed E-state index contributed by atoms with van der Waals surface area (Å²) in [7, 11) is 4.26. The summed E-state index contributed by atoms with van der Waals surface area (Å²) in [6.07, 6.45) is 7.67. The molecule has 0 N–H and O–H groups in total. The van der Waals surface area contributed by atoms with Crippen LogP contribution in [0.3, 0.4) is 0 Å². The second-order valence-corrected chi connectivity index (χ2v) is 6.30. The number of nitrogens with zero attached hydrogens (tertiary/aromatic N) is 1. The van der Waals surface area contributed by atoms with E-state index in [4.69, 9.17) is 4.74 Å². The first kappa shape index (κ1) is 15.8. The first-order valence-corrected chi connectivity index (χ1v) is 8.38. The van der Waals surface area contributed by atoms with Crippen molar-refractivity contribution in [2.75, 3.05) is 20.7 Å². The standard InChI is InChI=1S/C21H25NO/c1-22(2)20(18-10-4-3-5-11-18)15-16-23-21-14-8-12-17-9-6-7-13-19(17)21/h3-5,7-8,10-14,20H,6,9,15-16H2,1-2H3. The summed E-state index contributed by atoms with van der Waals surface area (Å²) < 4.78 is 6.13. The van der Waals surface area contributed by atoms with E-state index in [0.29, 0.717) is 6.04 Å². The van der Waals surface area contributed by atoms with Gasteiger partial charge in [-0.25, -0.2) is 0 Å². The van der Waals surface area contributed by atoms with Gasteiger partial charge in [0.15, 0.2) is 0 Å². The van der Waals surface area contributed by atoms with Crippen LogP contribution in [0.2, 0.25) is 0 Å². The highest BCUT2D eigenvalue weighted by molar-refractivity contribution is 5.63. The van der Waals surface area contributed by atoms with Crippen LogP contribution in [0.25, 0.3) is 6.08 Å². The lowest BCUT2D eigenvalue weighted by Gasteiger charge is -2.25. The maximum atomic E-state index is 6.13. The molecule has 23 heavy (non-hydrogen) atoms. The maximum absolute atomic E-state index is 6.13. The molecule has 0 heterocycles. The van der Waals surface area contributed by atoms with Gasteiger partial charge in [-0.2, -0.15) is 0 Å². The molecule has 1 aliphatic rings. The fourth-order valence-electron chi connectivity index (χ4n) is 3.24. The molecule has 120 valence electrons. The van der Waals surface area contributed by atoms with Gasteiger partial charge < -0.3 is 9.64 Å². The Balaban J connectivity index is 1.66. The molecule has 0 bridgehead atoms. The molecule has 1 aliphatic carbocycles. The number of aryl methyl sites for hydroxylation is 1. The number of ether oxygens (including phenoxy) is 1. The number of hydrogen-bond acceptors (Lipinski definition) is 2. The van der Waals surface area contributed by atoms with Gasteiger partial charge in [0.1, 0.15) is 5.75 Å². The second-order valence-electron chi connectivity index (χ2n) is 6.30. The van der Waals surface area contributed by atoms with Crippen LogP contribution in [0, 0.1) is 0 Å². The fourth-order valence-corrected chi connectivity index (χ4v) is 3.24. The smallest absolute Gasteiger partial charge is 0.126 e. The van der Waals surface area contributed by atoms with Gasteiger partial charge in [-0.1, -0.05) is 54.6 Å². The summed E-state index contributed by atoms with van der Waals surface area (Å²) in [5.41, 5.74) is 4.01. The Morgan fingerprint density at radius 3 is 2.65 bits per heavy atom. The lowest BCUT2D eigenvalue weighted by atomic mass is 9.97. The average Bonchev–Trinajstić information content (AvgIpc) is 2.59. The van der Waals surface area contributed by atoms with E-state index in [9.17, 15) is 0 Å². The van der Waals surface area contributed by atoms with Gasteiger partial charge in [-0.3, -0.25) is 0 Å². The van der Waals surface area contributed by atoms with Crippen molar-refractivity contribution in [1.29, 1.82) is 0 Å². The zero-order valence-electron chi connectivity index (χ0n) is 14.0. The topological polar surface area (TPSA) is 12.5 Å². The van der Waals surface area contributed by atoms with Gasteiger partial charge in [0.25, 0.3) is 0 Å².